The first kappa shape index (κ1) is 10.7. The molecule has 0 aliphatic heterocycles. The molecule has 0 heterocycles. The summed E-state index contributed by atoms with van der Waals surface area (Å²) in [4.78, 5) is 11.3. The molecule has 1 heteroatoms. The van der Waals surface area contributed by atoms with Gasteiger partial charge in [0, 0.05) is 12.3 Å². The van der Waals surface area contributed by atoms with Crippen molar-refractivity contribution in [3.05, 3.63) is 0 Å². The Morgan fingerprint density at radius 1 is 1.27 bits per heavy atom. The molecule has 0 bridgehead atoms. The highest BCUT2D eigenvalue weighted by atomic mass is 16.1. The van der Waals surface area contributed by atoms with E-state index in [1.807, 2.05) is 6.92 Å². The summed E-state index contributed by atoms with van der Waals surface area (Å²) in [5.41, 5.74) is 0. The van der Waals surface area contributed by atoms with Gasteiger partial charge in [0.2, 0.25) is 0 Å². The Morgan fingerprint density at radius 2 is 1.82 bits per heavy atom. The fourth-order valence-electron chi connectivity index (χ4n) is 1.38. The van der Waals surface area contributed by atoms with Crippen LogP contribution < -0.4 is 0 Å². The van der Waals surface area contributed by atoms with Crippen molar-refractivity contribution in [2.24, 2.45) is 11.8 Å². The van der Waals surface area contributed by atoms with Crippen molar-refractivity contribution in [3.8, 4) is 0 Å². The quantitative estimate of drug-likeness (QED) is 0.598. The summed E-state index contributed by atoms with van der Waals surface area (Å²) in [7, 11) is 0. The fourth-order valence-corrected chi connectivity index (χ4v) is 1.38. The lowest BCUT2D eigenvalue weighted by atomic mass is 9.90. The van der Waals surface area contributed by atoms with E-state index in [1.54, 1.807) is 0 Å². The van der Waals surface area contributed by atoms with Crippen molar-refractivity contribution in [2.45, 2.75) is 47.0 Å². The summed E-state index contributed by atoms with van der Waals surface area (Å²) in [6.07, 6.45) is 2.76. The van der Waals surface area contributed by atoms with Crippen LogP contribution in [0.25, 0.3) is 0 Å². The van der Waals surface area contributed by atoms with Gasteiger partial charge in [0.25, 0.3) is 0 Å². The van der Waals surface area contributed by atoms with Crippen LogP contribution in [0.1, 0.15) is 47.0 Å². The molecule has 0 aromatic heterocycles. The summed E-state index contributed by atoms with van der Waals surface area (Å²) >= 11 is 0. The number of hydrogen-bond acceptors (Lipinski definition) is 1. The van der Waals surface area contributed by atoms with Crippen molar-refractivity contribution >= 4 is 5.78 Å². The largest absolute Gasteiger partial charge is 0.299 e. The van der Waals surface area contributed by atoms with E-state index in [1.165, 1.54) is 0 Å². The van der Waals surface area contributed by atoms with Crippen LogP contribution in [-0.4, -0.2) is 5.78 Å². The standard InChI is InChI=1S/C10H20O/c1-5-9(7-8(3)4)10(11)6-2/h8-9H,5-7H2,1-4H3/t9-/m0/s1. The normalized spacial score (nSPS) is 13.5. The first-order chi connectivity index (χ1) is 5.11. The zero-order valence-electron chi connectivity index (χ0n) is 8.18. The molecule has 0 fully saturated rings. The lowest BCUT2D eigenvalue weighted by Crippen LogP contribution is -2.14. The Labute approximate surface area is 70.2 Å². The van der Waals surface area contributed by atoms with Crippen LogP contribution in [0.2, 0.25) is 0 Å². The van der Waals surface area contributed by atoms with Gasteiger partial charge in [-0.05, 0) is 18.8 Å². The maximum atomic E-state index is 11.3. The van der Waals surface area contributed by atoms with E-state index < -0.39 is 0 Å². The van der Waals surface area contributed by atoms with E-state index in [9.17, 15) is 4.79 Å². The van der Waals surface area contributed by atoms with E-state index in [-0.39, 0.29) is 0 Å². The molecule has 0 saturated carbocycles. The first-order valence-corrected chi connectivity index (χ1v) is 4.64. The molecule has 0 aliphatic rings. The van der Waals surface area contributed by atoms with Crippen LogP contribution in [0.5, 0.6) is 0 Å². The van der Waals surface area contributed by atoms with Crippen LogP contribution >= 0.6 is 0 Å². The van der Waals surface area contributed by atoms with E-state index >= 15 is 0 Å². The molecule has 1 nitrogen and oxygen atoms in total. The number of ketones is 1. The number of rotatable bonds is 5. The van der Waals surface area contributed by atoms with Crippen LogP contribution in [0.4, 0.5) is 0 Å². The van der Waals surface area contributed by atoms with Gasteiger partial charge in [-0.2, -0.15) is 0 Å². The second-order valence-corrected chi connectivity index (χ2v) is 3.55. The summed E-state index contributed by atoms with van der Waals surface area (Å²) in [5.74, 6) is 1.40. The Morgan fingerprint density at radius 3 is 2.09 bits per heavy atom. The second-order valence-electron chi connectivity index (χ2n) is 3.55. The smallest absolute Gasteiger partial charge is 0.135 e. The third-order valence-electron chi connectivity index (χ3n) is 2.05. The highest BCUT2D eigenvalue weighted by molar-refractivity contribution is 5.80. The minimum atomic E-state index is 0.319. The molecule has 0 aromatic carbocycles. The molecule has 0 spiro atoms. The predicted octanol–water partition coefficient (Wildman–Crippen LogP) is 3.04. The third-order valence-corrected chi connectivity index (χ3v) is 2.05. The monoisotopic (exact) mass is 156 g/mol. The molecule has 0 amide bonds. The average Bonchev–Trinajstić information content (AvgIpc) is 1.98. The molecule has 0 aromatic rings. The van der Waals surface area contributed by atoms with E-state index in [2.05, 4.69) is 20.8 Å². The number of Topliss-reactive ketones (excluding diaryl/α,β-unsaturated/α-hetero) is 1. The van der Waals surface area contributed by atoms with Gasteiger partial charge in [-0.15, -0.1) is 0 Å². The van der Waals surface area contributed by atoms with Crippen molar-refractivity contribution < 1.29 is 4.79 Å². The second kappa shape index (κ2) is 5.34. The summed E-state index contributed by atoms with van der Waals surface area (Å²) in [6, 6.07) is 0. The number of carbonyl (C=O) groups excluding carboxylic acids is 1. The Kier molecular flexibility index (Phi) is 5.18. The molecule has 1 atom stereocenters. The average molecular weight is 156 g/mol. The SMILES string of the molecule is CCC(=O)[C@@H](CC)CC(C)C. The van der Waals surface area contributed by atoms with Crippen LogP contribution in [0.15, 0.2) is 0 Å². The molecular weight excluding hydrogens is 136 g/mol. The van der Waals surface area contributed by atoms with Gasteiger partial charge in [-0.3, -0.25) is 4.79 Å². The predicted molar refractivity (Wildman–Crippen MR) is 48.5 cm³/mol. The third kappa shape index (κ3) is 4.18. The maximum Gasteiger partial charge on any atom is 0.135 e. The molecular formula is C10H20O. The summed E-state index contributed by atoms with van der Waals surface area (Å²) in [5, 5.41) is 0. The molecule has 0 saturated heterocycles. The van der Waals surface area contributed by atoms with Crippen molar-refractivity contribution in [1.82, 2.24) is 0 Å². The van der Waals surface area contributed by atoms with E-state index in [4.69, 9.17) is 0 Å². The van der Waals surface area contributed by atoms with Crippen molar-refractivity contribution in [1.29, 1.82) is 0 Å². The lowest BCUT2D eigenvalue weighted by molar-refractivity contribution is -0.123. The lowest BCUT2D eigenvalue weighted by Gasteiger charge is -2.14. The molecule has 11 heavy (non-hydrogen) atoms. The molecule has 0 N–H and O–H groups in total. The van der Waals surface area contributed by atoms with Gasteiger partial charge in [-0.25, -0.2) is 0 Å². The van der Waals surface area contributed by atoms with Gasteiger partial charge in [0.1, 0.15) is 5.78 Å². The molecule has 0 aliphatic carbocycles. The summed E-state index contributed by atoms with van der Waals surface area (Å²) in [6.45, 7) is 8.39. The number of carbonyl (C=O) groups is 1. The molecule has 66 valence electrons. The highest BCUT2D eigenvalue weighted by Crippen LogP contribution is 2.17. The Balaban J connectivity index is 3.84. The van der Waals surface area contributed by atoms with Crippen LogP contribution in [0, 0.1) is 11.8 Å². The Hall–Kier alpha value is -0.330. The maximum absolute atomic E-state index is 11.3. The summed E-state index contributed by atoms with van der Waals surface area (Å²) < 4.78 is 0. The van der Waals surface area contributed by atoms with Gasteiger partial charge in [0.05, 0.1) is 0 Å². The van der Waals surface area contributed by atoms with E-state index in [0.29, 0.717) is 24.0 Å². The minimum Gasteiger partial charge on any atom is -0.299 e. The highest BCUT2D eigenvalue weighted by Gasteiger charge is 2.15. The van der Waals surface area contributed by atoms with Crippen LogP contribution in [0.3, 0.4) is 0 Å². The zero-order chi connectivity index (χ0) is 8.85. The molecule has 0 rings (SSSR count). The van der Waals surface area contributed by atoms with Gasteiger partial charge in [-0.1, -0.05) is 27.7 Å². The van der Waals surface area contributed by atoms with Crippen molar-refractivity contribution in [3.63, 3.8) is 0 Å². The molecule has 0 unspecified atom stereocenters. The fraction of sp³-hybridized carbons (Fsp3) is 0.900. The Bertz CT molecular complexity index is 116. The topological polar surface area (TPSA) is 17.1 Å². The van der Waals surface area contributed by atoms with Gasteiger partial charge in [0.15, 0.2) is 0 Å². The van der Waals surface area contributed by atoms with Crippen molar-refractivity contribution in [2.75, 3.05) is 0 Å². The van der Waals surface area contributed by atoms with Gasteiger partial charge < -0.3 is 0 Å². The molecule has 0 radical (unpaired) electrons. The van der Waals surface area contributed by atoms with Gasteiger partial charge >= 0.3 is 0 Å². The number of hydrogen-bond donors (Lipinski definition) is 0. The zero-order valence-corrected chi connectivity index (χ0v) is 8.18. The van der Waals surface area contributed by atoms with Crippen LogP contribution in [-0.2, 0) is 4.79 Å². The van der Waals surface area contributed by atoms with E-state index in [0.717, 1.165) is 12.8 Å². The first-order valence-electron chi connectivity index (χ1n) is 4.64. The minimum absolute atomic E-state index is 0.319.